The lowest BCUT2D eigenvalue weighted by Crippen LogP contribution is -2.48. The number of piperidine rings is 1. The van der Waals surface area contributed by atoms with Crippen LogP contribution in [0.2, 0.25) is 0 Å². The molecule has 1 fully saturated rings. The Bertz CT molecular complexity index is 687. The highest BCUT2D eigenvalue weighted by Crippen LogP contribution is 2.25. The summed E-state index contributed by atoms with van der Waals surface area (Å²) in [4.78, 5) is 19.1. The first kappa shape index (κ1) is 17.0. The van der Waals surface area contributed by atoms with Gasteiger partial charge in [-0.3, -0.25) is 9.89 Å². The summed E-state index contributed by atoms with van der Waals surface area (Å²) in [7, 11) is 0. The van der Waals surface area contributed by atoms with Crippen LogP contribution in [0.5, 0.6) is 0 Å². The van der Waals surface area contributed by atoms with Crippen LogP contribution in [-0.2, 0) is 4.79 Å². The van der Waals surface area contributed by atoms with Gasteiger partial charge in [0.1, 0.15) is 0 Å². The molecule has 1 saturated heterocycles. The Balaban J connectivity index is 1.61. The monoisotopic (exact) mass is 344 g/mol. The topological polar surface area (TPSA) is 61.9 Å². The second-order valence-electron chi connectivity index (χ2n) is 6.55. The number of thioether (sulfide) groups is 1. The van der Waals surface area contributed by atoms with Gasteiger partial charge in [0.25, 0.3) is 0 Å². The number of hydrogen-bond donors (Lipinski definition) is 1. The van der Waals surface area contributed by atoms with E-state index in [1.54, 1.807) is 0 Å². The summed E-state index contributed by atoms with van der Waals surface area (Å²) in [5, 5.41) is 7.80. The lowest BCUT2D eigenvalue weighted by Gasteiger charge is -2.39. The summed E-state index contributed by atoms with van der Waals surface area (Å²) < 4.78 is 0. The molecule has 1 N–H and O–H groups in total. The molecule has 2 aromatic rings. The molecule has 0 aliphatic carbocycles. The van der Waals surface area contributed by atoms with Crippen LogP contribution < -0.4 is 0 Å². The summed E-state index contributed by atoms with van der Waals surface area (Å²) in [5.74, 6) is 1.31. The zero-order chi connectivity index (χ0) is 17.1. The molecular weight excluding hydrogens is 320 g/mol. The second-order valence-corrected chi connectivity index (χ2v) is 7.49. The number of H-pyrrole nitrogens is 1. The average molecular weight is 344 g/mol. The molecule has 0 unspecified atom stereocenters. The Labute approximate surface area is 147 Å². The maximum Gasteiger partial charge on any atom is 0.233 e. The number of hydrogen-bond acceptors (Lipinski definition) is 4. The van der Waals surface area contributed by atoms with Crippen molar-refractivity contribution < 1.29 is 4.79 Å². The lowest BCUT2D eigenvalue weighted by molar-refractivity contribution is -0.134. The normalized spacial score (nSPS) is 21.0. The minimum atomic E-state index is 0.182. The van der Waals surface area contributed by atoms with Crippen LogP contribution in [0.1, 0.15) is 38.7 Å². The van der Waals surface area contributed by atoms with Crippen molar-refractivity contribution in [2.45, 2.75) is 57.3 Å². The van der Waals surface area contributed by atoms with Crippen LogP contribution in [0.4, 0.5) is 0 Å². The number of likely N-dealkylation sites (tertiary alicyclic amines) is 1. The van der Waals surface area contributed by atoms with Crippen molar-refractivity contribution in [3.8, 4) is 11.4 Å². The van der Waals surface area contributed by atoms with E-state index in [1.165, 1.54) is 23.7 Å². The summed E-state index contributed by atoms with van der Waals surface area (Å²) >= 11 is 1.40. The first-order chi connectivity index (χ1) is 11.5. The molecule has 0 bridgehead atoms. The van der Waals surface area contributed by atoms with Crippen LogP contribution in [-0.4, -0.2) is 43.8 Å². The van der Waals surface area contributed by atoms with Crippen molar-refractivity contribution in [2.24, 2.45) is 0 Å². The van der Waals surface area contributed by atoms with Gasteiger partial charge in [0.2, 0.25) is 11.1 Å². The lowest BCUT2D eigenvalue weighted by atomic mass is 9.98. The van der Waals surface area contributed by atoms with Crippen molar-refractivity contribution in [3.63, 3.8) is 0 Å². The number of rotatable bonds is 4. The predicted octanol–water partition coefficient (Wildman–Crippen LogP) is 3.66. The number of aryl methyl sites for hydroxylation is 1. The van der Waals surface area contributed by atoms with E-state index in [2.05, 4.69) is 36.0 Å². The standard InChI is InChI=1S/C18H24N4OS/c1-12-7-9-15(10-8-12)17-19-18(21-20-17)24-11-16(23)22-13(2)5-4-6-14(22)3/h7-10,13-14H,4-6,11H2,1-3H3,(H,19,20,21)/t13-,14-/m0/s1. The number of aromatic amines is 1. The van der Waals surface area contributed by atoms with Gasteiger partial charge in [-0.2, -0.15) is 0 Å². The molecule has 0 saturated carbocycles. The van der Waals surface area contributed by atoms with Gasteiger partial charge < -0.3 is 4.90 Å². The average Bonchev–Trinajstić information content (AvgIpc) is 3.02. The quantitative estimate of drug-likeness (QED) is 0.860. The Morgan fingerprint density at radius 3 is 2.58 bits per heavy atom. The third kappa shape index (κ3) is 3.80. The molecule has 3 rings (SSSR count). The minimum absolute atomic E-state index is 0.182. The summed E-state index contributed by atoms with van der Waals surface area (Å²) in [6.07, 6.45) is 3.40. The van der Waals surface area contributed by atoms with Crippen molar-refractivity contribution in [2.75, 3.05) is 5.75 Å². The zero-order valence-electron chi connectivity index (χ0n) is 14.5. The molecule has 2 atom stereocenters. The molecule has 6 heteroatoms. The van der Waals surface area contributed by atoms with Gasteiger partial charge in [0.15, 0.2) is 5.82 Å². The molecule has 1 amide bonds. The van der Waals surface area contributed by atoms with Gasteiger partial charge >= 0.3 is 0 Å². The van der Waals surface area contributed by atoms with Crippen LogP contribution >= 0.6 is 11.8 Å². The van der Waals surface area contributed by atoms with Crippen LogP contribution in [0.15, 0.2) is 29.4 Å². The Morgan fingerprint density at radius 2 is 1.92 bits per heavy atom. The predicted molar refractivity (Wildman–Crippen MR) is 96.9 cm³/mol. The fourth-order valence-electron chi connectivity index (χ4n) is 3.27. The van der Waals surface area contributed by atoms with Crippen molar-refractivity contribution in [1.82, 2.24) is 20.1 Å². The van der Waals surface area contributed by atoms with Crippen LogP contribution in [0.3, 0.4) is 0 Å². The van der Waals surface area contributed by atoms with Gasteiger partial charge in [-0.25, -0.2) is 4.98 Å². The van der Waals surface area contributed by atoms with Crippen molar-refractivity contribution in [1.29, 1.82) is 0 Å². The third-order valence-corrected chi connectivity index (χ3v) is 5.43. The Hall–Kier alpha value is -1.82. The second kappa shape index (κ2) is 7.38. The fourth-order valence-corrected chi connectivity index (χ4v) is 3.93. The highest BCUT2D eigenvalue weighted by Gasteiger charge is 2.28. The van der Waals surface area contributed by atoms with E-state index >= 15 is 0 Å². The number of nitrogens with zero attached hydrogens (tertiary/aromatic N) is 3. The van der Waals surface area contributed by atoms with Gasteiger partial charge in [0, 0.05) is 17.6 Å². The van der Waals surface area contributed by atoms with E-state index in [0.29, 0.717) is 23.0 Å². The molecule has 1 aliphatic heterocycles. The highest BCUT2D eigenvalue weighted by molar-refractivity contribution is 7.99. The van der Waals surface area contributed by atoms with E-state index in [0.717, 1.165) is 24.2 Å². The maximum atomic E-state index is 12.5. The Morgan fingerprint density at radius 1 is 1.25 bits per heavy atom. The zero-order valence-corrected chi connectivity index (χ0v) is 15.3. The first-order valence-electron chi connectivity index (χ1n) is 8.48. The maximum absolute atomic E-state index is 12.5. The molecule has 5 nitrogen and oxygen atoms in total. The summed E-state index contributed by atoms with van der Waals surface area (Å²) in [6, 6.07) is 8.80. The molecule has 1 aromatic heterocycles. The minimum Gasteiger partial charge on any atom is -0.337 e. The number of aromatic nitrogens is 3. The highest BCUT2D eigenvalue weighted by atomic mass is 32.2. The molecule has 128 valence electrons. The van der Waals surface area contributed by atoms with E-state index in [-0.39, 0.29) is 5.91 Å². The number of benzene rings is 1. The van der Waals surface area contributed by atoms with Gasteiger partial charge in [-0.15, -0.1) is 5.10 Å². The van der Waals surface area contributed by atoms with Gasteiger partial charge in [0.05, 0.1) is 5.75 Å². The molecular formula is C18H24N4OS. The number of nitrogens with one attached hydrogen (secondary N) is 1. The van der Waals surface area contributed by atoms with Gasteiger partial charge in [-0.1, -0.05) is 41.6 Å². The van der Waals surface area contributed by atoms with E-state index < -0.39 is 0 Å². The van der Waals surface area contributed by atoms with Crippen molar-refractivity contribution in [3.05, 3.63) is 29.8 Å². The largest absolute Gasteiger partial charge is 0.337 e. The smallest absolute Gasteiger partial charge is 0.233 e. The summed E-state index contributed by atoms with van der Waals surface area (Å²) in [5.41, 5.74) is 2.22. The summed E-state index contributed by atoms with van der Waals surface area (Å²) in [6.45, 7) is 6.33. The van der Waals surface area contributed by atoms with Crippen LogP contribution in [0, 0.1) is 6.92 Å². The number of carbonyl (C=O) groups excluding carboxylic acids is 1. The molecule has 1 aliphatic rings. The Kier molecular flexibility index (Phi) is 5.23. The molecule has 24 heavy (non-hydrogen) atoms. The molecule has 2 heterocycles. The fraction of sp³-hybridized carbons (Fsp3) is 0.500. The third-order valence-electron chi connectivity index (χ3n) is 4.60. The van der Waals surface area contributed by atoms with Gasteiger partial charge in [-0.05, 0) is 40.0 Å². The van der Waals surface area contributed by atoms with E-state index in [1.807, 2.05) is 29.2 Å². The first-order valence-corrected chi connectivity index (χ1v) is 9.46. The van der Waals surface area contributed by atoms with E-state index in [4.69, 9.17) is 0 Å². The van der Waals surface area contributed by atoms with E-state index in [9.17, 15) is 4.79 Å². The number of amides is 1. The molecule has 0 spiro atoms. The van der Waals surface area contributed by atoms with Crippen LogP contribution in [0.25, 0.3) is 11.4 Å². The number of carbonyl (C=O) groups is 1. The van der Waals surface area contributed by atoms with Crippen molar-refractivity contribution >= 4 is 17.7 Å². The molecule has 1 aromatic carbocycles. The SMILES string of the molecule is Cc1ccc(-c2nc(SCC(=O)N3[C@@H](C)CCC[C@@H]3C)n[nH]2)cc1. The molecule has 0 radical (unpaired) electrons.